The van der Waals surface area contributed by atoms with Crippen LogP contribution >= 0.6 is 0 Å². The van der Waals surface area contributed by atoms with Gasteiger partial charge in [0.1, 0.15) is 0 Å². The summed E-state index contributed by atoms with van der Waals surface area (Å²) in [6, 6.07) is 0. The summed E-state index contributed by atoms with van der Waals surface area (Å²) in [5, 5.41) is 0. The quantitative estimate of drug-likeness (QED) is 0.501. The molecule has 2 saturated heterocycles. The SMILES string of the molecule is CC(C)CC1C[N+](C)(C)CC1CC(C)(C)C(C)(C)CC1C[NH+](C)CC1CC(C)(C)C. The second kappa shape index (κ2) is 9.05. The number of quaternary nitrogens is 2. The van der Waals surface area contributed by atoms with Gasteiger partial charge in [-0.05, 0) is 47.8 Å². The predicted molar refractivity (Wildman–Crippen MR) is 133 cm³/mol. The average molecular weight is 423 g/mol. The Balaban J connectivity index is 2.11. The molecule has 2 heterocycles. The van der Waals surface area contributed by atoms with Gasteiger partial charge in [-0.25, -0.2) is 0 Å². The molecule has 1 N–H and O–H groups in total. The maximum absolute atomic E-state index is 2.60. The lowest BCUT2D eigenvalue weighted by molar-refractivity contribution is -0.880. The molecule has 0 bridgehead atoms. The van der Waals surface area contributed by atoms with Gasteiger partial charge >= 0.3 is 0 Å². The highest BCUT2D eigenvalue weighted by Gasteiger charge is 2.48. The van der Waals surface area contributed by atoms with Gasteiger partial charge < -0.3 is 9.38 Å². The highest BCUT2D eigenvalue weighted by Crippen LogP contribution is 2.51. The topological polar surface area (TPSA) is 4.44 Å². The third-order valence-corrected chi connectivity index (χ3v) is 9.04. The highest BCUT2D eigenvalue weighted by molar-refractivity contribution is 4.93. The zero-order valence-corrected chi connectivity index (χ0v) is 23.0. The van der Waals surface area contributed by atoms with Gasteiger partial charge in [0.15, 0.2) is 0 Å². The first kappa shape index (κ1) is 26.2. The van der Waals surface area contributed by atoms with Crippen molar-refractivity contribution in [3.63, 3.8) is 0 Å². The first-order valence-corrected chi connectivity index (χ1v) is 13.0. The standard InChI is InChI=1S/C28H57N2/c1-21(2)13-22-19-30(11,12)20-25(22)16-28(8,9)27(6,7)15-24-18-29(10)17-23(24)14-26(3,4)5/h21-25H,13-20H2,1-12H3/q+1/p+1. The second-order valence-electron chi connectivity index (χ2n) is 15.3. The Morgan fingerprint density at radius 2 is 1.17 bits per heavy atom. The Labute approximate surface area is 190 Å². The van der Waals surface area contributed by atoms with Gasteiger partial charge in [-0.15, -0.1) is 0 Å². The van der Waals surface area contributed by atoms with Crippen molar-refractivity contribution in [2.24, 2.45) is 45.8 Å². The number of rotatable bonds is 8. The summed E-state index contributed by atoms with van der Waals surface area (Å²) >= 11 is 0. The Bertz CT molecular complexity index is 551. The minimum Gasteiger partial charge on any atom is -0.337 e. The molecule has 0 spiro atoms. The van der Waals surface area contributed by atoms with E-state index in [1.54, 1.807) is 4.90 Å². The van der Waals surface area contributed by atoms with E-state index in [-0.39, 0.29) is 0 Å². The fourth-order valence-corrected chi connectivity index (χ4v) is 7.19. The molecule has 5 unspecified atom stereocenters. The van der Waals surface area contributed by atoms with Crippen molar-refractivity contribution >= 4 is 0 Å². The van der Waals surface area contributed by atoms with Crippen LogP contribution in [0, 0.1) is 45.8 Å². The molecule has 0 aromatic heterocycles. The van der Waals surface area contributed by atoms with Crippen molar-refractivity contribution in [3.8, 4) is 0 Å². The fraction of sp³-hybridized carbons (Fsp3) is 1.00. The van der Waals surface area contributed by atoms with Crippen molar-refractivity contribution in [2.75, 3.05) is 47.3 Å². The van der Waals surface area contributed by atoms with Gasteiger partial charge in [-0.3, -0.25) is 0 Å². The van der Waals surface area contributed by atoms with E-state index >= 15 is 0 Å². The van der Waals surface area contributed by atoms with E-state index in [0.29, 0.717) is 16.2 Å². The molecule has 0 saturated carbocycles. The van der Waals surface area contributed by atoms with Crippen LogP contribution in [0.5, 0.6) is 0 Å². The van der Waals surface area contributed by atoms with Gasteiger partial charge in [0.25, 0.3) is 0 Å². The molecule has 0 aromatic carbocycles. The molecule has 2 rings (SSSR count). The number of hydrogen-bond acceptors (Lipinski definition) is 0. The van der Waals surface area contributed by atoms with Crippen LogP contribution < -0.4 is 4.90 Å². The summed E-state index contributed by atoms with van der Waals surface area (Å²) in [4.78, 5) is 1.76. The molecule has 0 amide bonds. The van der Waals surface area contributed by atoms with Crippen molar-refractivity contribution in [1.29, 1.82) is 0 Å². The fourth-order valence-electron chi connectivity index (χ4n) is 7.19. The third kappa shape index (κ3) is 6.96. The maximum Gasteiger partial charge on any atom is 0.0816 e. The van der Waals surface area contributed by atoms with E-state index in [1.165, 1.54) is 56.3 Å². The van der Waals surface area contributed by atoms with Crippen LogP contribution in [-0.4, -0.2) is 51.8 Å². The summed E-state index contributed by atoms with van der Waals surface area (Å²) in [7, 11) is 7.34. The van der Waals surface area contributed by atoms with Crippen molar-refractivity contribution < 1.29 is 9.38 Å². The molecule has 5 atom stereocenters. The van der Waals surface area contributed by atoms with Crippen LogP contribution in [0.25, 0.3) is 0 Å². The number of likely N-dealkylation sites (tertiary alicyclic amines) is 2. The Morgan fingerprint density at radius 1 is 0.733 bits per heavy atom. The highest BCUT2D eigenvalue weighted by atomic mass is 15.3. The first-order valence-electron chi connectivity index (χ1n) is 13.0. The van der Waals surface area contributed by atoms with Crippen molar-refractivity contribution in [3.05, 3.63) is 0 Å². The smallest absolute Gasteiger partial charge is 0.0816 e. The maximum atomic E-state index is 2.60. The van der Waals surface area contributed by atoms with Gasteiger partial charge in [-0.1, -0.05) is 62.3 Å². The average Bonchev–Trinajstić information content (AvgIpc) is 2.94. The summed E-state index contributed by atoms with van der Waals surface area (Å²) in [6.45, 7) is 28.0. The molecular weight excluding hydrogens is 364 g/mol. The monoisotopic (exact) mass is 422 g/mol. The minimum absolute atomic E-state index is 0.389. The van der Waals surface area contributed by atoms with Gasteiger partial charge in [0.2, 0.25) is 0 Å². The number of nitrogens with zero attached hydrogens (tertiary/aromatic N) is 1. The van der Waals surface area contributed by atoms with Crippen molar-refractivity contribution in [2.45, 2.75) is 88.0 Å². The number of hydrogen-bond donors (Lipinski definition) is 1. The molecule has 2 heteroatoms. The summed E-state index contributed by atoms with van der Waals surface area (Å²) in [6.07, 6.45) is 5.60. The molecule has 2 fully saturated rings. The summed E-state index contributed by atoms with van der Waals surface area (Å²) < 4.78 is 1.23. The molecule has 0 aromatic rings. The molecule has 2 nitrogen and oxygen atoms in total. The van der Waals surface area contributed by atoms with Crippen LogP contribution in [0.4, 0.5) is 0 Å². The van der Waals surface area contributed by atoms with Crippen LogP contribution in [-0.2, 0) is 0 Å². The molecule has 178 valence electrons. The van der Waals surface area contributed by atoms with Crippen LogP contribution in [0.15, 0.2) is 0 Å². The van der Waals surface area contributed by atoms with E-state index in [4.69, 9.17) is 0 Å². The number of nitrogens with one attached hydrogen (secondary N) is 1. The van der Waals surface area contributed by atoms with Crippen molar-refractivity contribution in [1.82, 2.24) is 0 Å². The van der Waals surface area contributed by atoms with Crippen LogP contribution in [0.3, 0.4) is 0 Å². The lowest BCUT2D eigenvalue weighted by Gasteiger charge is -2.45. The van der Waals surface area contributed by atoms with E-state index < -0.39 is 0 Å². The Hall–Kier alpha value is -0.0800. The van der Waals surface area contributed by atoms with Crippen LogP contribution in [0.2, 0.25) is 0 Å². The minimum atomic E-state index is 0.389. The van der Waals surface area contributed by atoms with Gasteiger partial charge in [0.05, 0.1) is 47.3 Å². The van der Waals surface area contributed by atoms with Gasteiger partial charge in [0, 0.05) is 23.7 Å². The second-order valence-corrected chi connectivity index (χ2v) is 15.3. The lowest BCUT2D eigenvalue weighted by atomic mass is 9.59. The molecule has 2 aliphatic heterocycles. The van der Waals surface area contributed by atoms with E-state index in [0.717, 1.165) is 29.6 Å². The first-order chi connectivity index (χ1) is 13.4. The predicted octanol–water partition coefficient (Wildman–Crippen LogP) is 5.38. The normalized spacial score (nSPS) is 32.9. The largest absolute Gasteiger partial charge is 0.337 e. The molecular formula is C28H58N2+2. The third-order valence-electron chi connectivity index (χ3n) is 9.04. The summed E-state index contributed by atoms with van der Waals surface area (Å²) in [5.74, 6) is 4.41. The van der Waals surface area contributed by atoms with E-state index in [9.17, 15) is 0 Å². The lowest BCUT2D eigenvalue weighted by Crippen LogP contribution is -3.07. The molecule has 0 aliphatic carbocycles. The van der Waals surface area contributed by atoms with Crippen LogP contribution in [0.1, 0.15) is 88.0 Å². The van der Waals surface area contributed by atoms with E-state index in [2.05, 4.69) is 83.5 Å². The zero-order chi connectivity index (χ0) is 23.1. The summed E-state index contributed by atoms with van der Waals surface area (Å²) in [5.41, 5.74) is 1.23. The molecule has 0 radical (unpaired) electrons. The zero-order valence-electron chi connectivity index (χ0n) is 23.0. The Kier molecular flexibility index (Phi) is 7.89. The van der Waals surface area contributed by atoms with E-state index in [1.807, 2.05) is 0 Å². The Morgan fingerprint density at radius 3 is 1.63 bits per heavy atom. The van der Waals surface area contributed by atoms with Gasteiger partial charge in [-0.2, -0.15) is 0 Å². The molecule has 30 heavy (non-hydrogen) atoms. The molecule has 2 aliphatic rings.